The highest BCUT2D eigenvalue weighted by molar-refractivity contribution is 5.71. The minimum atomic E-state index is -0.984. The molecule has 0 spiro atoms. The van der Waals surface area contributed by atoms with Gasteiger partial charge in [-0.1, -0.05) is 0 Å². The molecule has 0 N–H and O–H groups in total. The Bertz CT molecular complexity index is 456. The molecule has 0 aliphatic carbocycles. The molecule has 0 heterocycles. The van der Waals surface area contributed by atoms with Gasteiger partial charge in [-0.15, -0.1) is 4.91 Å². The summed E-state index contributed by atoms with van der Waals surface area (Å²) in [6.07, 6.45) is 0. The van der Waals surface area contributed by atoms with Crippen molar-refractivity contribution in [2.75, 3.05) is 0 Å². The first kappa shape index (κ1) is 10.7. The molecule has 0 aliphatic rings. The fraction of sp³-hybridized carbons (Fsp3) is 0.143. The predicted molar refractivity (Wildman–Crippen MR) is 49.9 cm³/mol. The first-order valence-electron chi connectivity index (χ1n) is 3.74. The lowest BCUT2D eigenvalue weighted by Gasteiger charge is -1.99. The lowest BCUT2D eigenvalue weighted by molar-refractivity contribution is -0.422. The van der Waals surface area contributed by atoms with Crippen LogP contribution < -0.4 is 0 Å². The Balaban J connectivity index is 3.65. The van der Waals surface area contributed by atoms with Gasteiger partial charge >= 0.3 is 11.4 Å². The van der Waals surface area contributed by atoms with E-state index in [4.69, 9.17) is 0 Å². The molecule has 0 amide bonds. The summed E-state index contributed by atoms with van der Waals surface area (Å²) >= 11 is 0. The van der Waals surface area contributed by atoms with Crippen molar-refractivity contribution in [2.45, 2.75) is 6.92 Å². The smallest absolute Gasteiger partial charge is 0.258 e. The van der Waals surface area contributed by atoms with Crippen LogP contribution in [0.3, 0.4) is 0 Å². The van der Waals surface area contributed by atoms with E-state index in [1.54, 1.807) is 0 Å². The van der Waals surface area contributed by atoms with Crippen molar-refractivity contribution in [1.82, 2.24) is 0 Å². The highest BCUT2D eigenvalue weighted by Gasteiger charge is 2.31. The van der Waals surface area contributed by atoms with Crippen molar-refractivity contribution >= 4 is 17.1 Å². The number of nitro benzene ring substituents is 2. The summed E-state index contributed by atoms with van der Waals surface area (Å²) in [7, 11) is 0. The van der Waals surface area contributed by atoms with E-state index in [9.17, 15) is 25.1 Å². The molecule has 15 heavy (non-hydrogen) atoms. The number of nitroso groups, excluding NO2 is 1. The van der Waals surface area contributed by atoms with Crippen LogP contribution in [0.15, 0.2) is 17.3 Å². The SMILES string of the molecule is Cc1ccc(N=O)c([N+](=O)[O-])c1[N+](=O)[O-]. The van der Waals surface area contributed by atoms with E-state index in [1.165, 1.54) is 13.0 Å². The van der Waals surface area contributed by atoms with Gasteiger partial charge in [0, 0.05) is 5.56 Å². The first-order valence-corrected chi connectivity index (χ1v) is 3.74. The van der Waals surface area contributed by atoms with Crippen molar-refractivity contribution in [2.24, 2.45) is 5.18 Å². The molecule has 0 aromatic heterocycles. The van der Waals surface area contributed by atoms with E-state index >= 15 is 0 Å². The van der Waals surface area contributed by atoms with Crippen LogP contribution in [0.1, 0.15) is 5.56 Å². The quantitative estimate of drug-likeness (QED) is 0.431. The maximum atomic E-state index is 10.6. The summed E-state index contributed by atoms with van der Waals surface area (Å²) in [5.41, 5.74) is -2.00. The van der Waals surface area contributed by atoms with Crippen LogP contribution in [0.25, 0.3) is 0 Å². The maximum Gasteiger partial charge on any atom is 0.375 e. The van der Waals surface area contributed by atoms with E-state index < -0.39 is 26.9 Å². The zero-order valence-corrected chi connectivity index (χ0v) is 7.54. The Morgan fingerprint density at radius 1 is 1.13 bits per heavy atom. The van der Waals surface area contributed by atoms with Gasteiger partial charge in [0.15, 0.2) is 5.69 Å². The monoisotopic (exact) mass is 211 g/mol. The number of nitrogens with zero attached hydrogens (tertiary/aromatic N) is 3. The number of rotatable bonds is 3. The van der Waals surface area contributed by atoms with Crippen LogP contribution >= 0.6 is 0 Å². The number of benzene rings is 1. The number of hydrogen-bond acceptors (Lipinski definition) is 6. The maximum absolute atomic E-state index is 10.6. The lowest BCUT2D eigenvalue weighted by atomic mass is 10.1. The van der Waals surface area contributed by atoms with Crippen LogP contribution in [0.4, 0.5) is 17.1 Å². The van der Waals surface area contributed by atoms with E-state index in [0.717, 1.165) is 6.07 Å². The molecule has 0 atom stereocenters. The highest BCUT2D eigenvalue weighted by Crippen LogP contribution is 2.38. The second-order valence-corrected chi connectivity index (χ2v) is 2.70. The number of hydrogen-bond donors (Lipinski definition) is 0. The summed E-state index contributed by atoms with van der Waals surface area (Å²) in [5.74, 6) is 0. The fourth-order valence-electron chi connectivity index (χ4n) is 1.15. The topological polar surface area (TPSA) is 116 Å². The Labute approximate surface area is 82.8 Å². The molecule has 0 radical (unpaired) electrons. The molecule has 0 aliphatic heterocycles. The molecular formula is C7H5N3O5. The van der Waals surface area contributed by atoms with Gasteiger partial charge in [-0.25, -0.2) is 0 Å². The highest BCUT2D eigenvalue weighted by atomic mass is 16.6. The van der Waals surface area contributed by atoms with Gasteiger partial charge in [0.25, 0.3) is 0 Å². The summed E-state index contributed by atoms with van der Waals surface area (Å²) in [6.45, 7) is 1.35. The predicted octanol–water partition coefficient (Wildman–Crippen LogP) is 2.21. The largest absolute Gasteiger partial charge is 0.375 e. The molecule has 0 fully saturated rings. The van der Waals surface area contributed by atoms with Crippen molar-refractivity contribution in [3.05, 3.63) is 42.8 Å². The molecule has 1 aromatic rings. The van der Waals surface area contributed by atoms with Gasteiger partial charge in [-0.05, 0) is 24.2 Å². The Kier molecular flexibility index (Phi) is 2.70. The third-order valence-electron chi connectivity index (χ3n) is 1.80. The fourth-order valence-corrected chi connectivity index (χ4v) is 1.15. The minimum absolute atomic E-state index is 0.110. The zero-order chi connectivity index (χ0) is 11.6. The van der Waals surface area contributed by atoms with Gasteiger partial charge in [-0.3, -0.25) is 20.2 Å². The average Bonchev–Trinajstić information content (AvgIpc) is 2.16. The third-order valence-corrected chi connectivity index (χ3v) is 1.80. The normalized spacial score (nSPS) is 9.67. The summed E-state index contributed by atoms with van der Waals surface area (Å²) < 4.78 is 0. The van der Waals surface area contributed by atoms with Crippen LogP contribution in [0, 0.1) is 32.1 Å². The van der Waals surface area contributed by atoms with Crippen LogP contribution in [-0.2, 0) is 0 Å². The van der Waals surface area contributed by atoms with Crippen molar-refractivity contribution < 1.29 is 9.85 Å². The molecule has 78 valence electrons. The van der Waals surface area contributed by atoms with Crippen LogP contribution in [0.2, 0.25) is 0 Å². The van der Waals surface area contributed by atoms with Gasteiger partial charge in [0.1, 0.15) is 0 Å². The van der Waals surface area contributed by atoms with Crippen molar-refractivity contribution in [1.29, 1.82) is 0 Å². The van der Waals surface area contributed by atoms with E-state index in [0.29, 0.717) is 0 Å². The van der Waals surface area contributed by atoms with Crippen molar-refractivity contribution in [3.63, 3.8) is 0 Å². The standard InChI is InChI=1S/C7H5N3O5/c1-4-2-3-5(8-11)7(10(14)15)6(4)9(12)13/h2-3H,1H3. The molecule has 0 saturated heterocycles. The second kappa shape index (κ2) is 3.78. The van der Waals surface area contributed by atoms with E-state index in [2.05, 4.69) is 5.18 Å². The average molecular weight is 211 g/mol. The minimum Gasteiger partial charge on any atom is -0.258 e. The first-order chi connectivity index (χ1) is 6.99. The molecule has 0 saturated carbocycles. The molecule has 0 bridgehead atoms. The number of nitro groups is 2. The van der Waals surface area contributed by atoms with E-state index in [1.807, 2.05) is 0 Å². The summed E-state index contributed by atoms with van der Waals surface area (Å²) in [4.78, 5) is 29.5. The Morgan fingerprint density at radius 3 is 2.07 bits per heavy atom. The lowest BCUT2D eigenvalue weighted by Crippen LogP contribution is -1.99. The molecule has 1 aromatic carbocycles. The Hall–Kier alpha value is -2.38. The molecule has 0 unspecified atom stereocenters. The van der Waals surface area contributed by atoms with Gasteiger partial charge in [-0.2, -0.15) is 0 Å². The van der Waals surface area contributed by atoms with Crippen molar-refractivity contribution in [3.8, 4) is 0 Å². The van der Waals surface area contributed by atoms with Crippen LogP contribution in [-0.4, -0.2) is 9.85 Å². The molecule has 8 heteroatoms. The van der Waals surface area contributed by atoms with Gasteiger partial charge < -0.3 is 0 Å². The molecule has 1 rings (SSSR count). The van der Waals surface area contributed by atoms with Gasteiger partial charge in [0.2, 0.25) is 0 Å². The summed E-state index contributed by atoms with van der Waals surface area (Å²) in [5, 5.41) is 23.5. The Morgan fingerprint density at radius 2 is 1.67 bits per heavy atom. The molecule has 8 nitrogen and oxygen atoms in total. The van der Waals surface area contributed by atoms with Crippen LogP contribution in [0.5, 0.6) is 0 Å². The second-order valence-electron chi connectivity index (χ2n) is 2.70. The van der Waals surface area contributed by atoms with E-state index in [-0.39, 0.29) is 5.56 Å². The molecular weight excluding hydrogens is 206 g/mol. The third kappa shape index (κ3) is 1.77. The van der Waals surface area contributed by atoms with Gasteiger partial charge in [0.05, 0.1) is 9.85 Å². The summed E-state index contributed by atoms with van der Waals surface area (Å²) in [6, 6.07) is 2.31. The zero-order valence-electron chi connectivity index (χ0n) is 7.54. The number of aryl methyl sites for hydroxylation is 1.